The summed E-state index contributed by atoms with van der Waals surface area (Å²) < 4.78 is 29.3. The molecule has 0 unspecified atom stereocenters. The van der Waals surface area contributed by atoms with Gasteiger partial charge in [0.05, 0.1) is 5.02 Å². The molecule has 0 atom stereocenters. The van der Waals surface area contributed by atoms with E-state index < -0.39 is 37.9 Å². The summed E-state index contributed by atoms with van der Waals surface area (Å²) >= 11 is 12.2. The minimum absolute atomic E-state index is 0.0256. The van der Waals surface area contributed by atoms with Crippen molar-refractivity contribution in [2.24, 2.45) is 0 Å². The van der Waals surface area contributed by atoms with Gasteiger partial charge in [-0.15, -0.1) is 0 Å². The molecule has 5 aromatic rings. The van der Waals surface area contributed by atoms with Gasteiger partial charge >= 0.3 is 0 Å². The van der Waals surface area contributed by atoms with Gasteiger partial charge in [0.1, 0.15) is 4.90 Å². The lowest BCUT2D eigenvalue weighted by molar-refractivity contribution is 0.0982. The molecule has 0 heterocycles. The van der Waals surface area contributed by atoms with Gasteiger partial charge in [0, 0.05) is 30.1 Å². The summed E-state index contributed by atoms with van der Waals surface area (Å²) in [7, 11) is -4.33. The quantitative estimate of drug-likeness (QED) is 0.0831. The van der Waals surface area contributed by atoms with Crippen molar-refractivity contribution in [3.8, 4) is 34.1 Å². The number of aromatic hydroxyl groups is 4. The summed E-state index contributed by atoms with van der Waals surface area (Å²) in [5.74, 6) is -2.88. The van der Waals surface area contributed by atoms with Crippen LogP contribution in [0.1, 0.15) is 33.5 Å². The number of carbonyl (C=O) groups excluding carboxylic acids is 1. The van der Waals surface area contributed by atoms with Gasteiger partial charge in [-0.1, -0.05) is 102 Å². The summed E-state index contributed by atoms with van der Waals surface area (Å²) in [4.78, 5) is 12.3. The van der Waals surface area contributed by atoms with Crippen molar-refractivity contribution in [3.63, 3.8) is 0 Å². The lowest BCUT2D eigenvalue weighted by Gasteiger charge is -2.24. The van der Waals surface area contributed by atoms with Crippen molar-refractivity contribution in [3.05, 3.63) is 135 Å². The van der Waals surface area contributed by atoms with Gasteiger partial charge in [-0.05, 0) is 58.5 Å². The lowest BCUT2D eigenvalue weighted by Crippen LogP contribution is -2.30. The van der Waals surface area contributed by atoms with E-state index in [4.69, 9.17) is 23.2 Å². The molecule has 46 heavy (non-hydrogen) atoms. The first kappa shape index (κ1) is 32.8. The minimum Gasteiger partial charge on any atom is -0.505 e. The van der Waals surface area contributed by atoms with E-state index >= 15 is 0 Å². The molecular weight excluding hydrogens is 649 g/mol. The molecule has 236 valence electrons. The Hall–Kier alpha value is -4.54. The molecule has 0 aliphatic rings. The molecule has 5 rings (SSSR count). The summed E-state index contributed by atoms with van der Waals surface area (Å²) in [6, 6.07) is 29.0. The molecular formula is C35H29Cl2NO7S. The van der Waals surface area contributed by atoms with Crippen LogP contribution in [0.2, 0.25) is 10.0 Å². The molecule has 0 amide bonds. The maximum atomic E-state index is 14.0. The number of ketones is 1. The summed E-state index contributed by atoms with van der Waals surface area (Å²) in [5.41, 5.74) is 4.11. The third-order valence-electron chi connectivity index (χ3n) is 7.41. The van der Waals surface area contributed by atoms with Crippen LogP contribution in [0.25, 0.3) is 11.1 Å². The zero-order valence-electron chi connectivity index (χ0n) is 24.3. The number of hydrogen-bond acceptors (Lipinski definition) is 7. The molecule has 0 saturated heterocycles. The highest BCUT2D eigenvalue weighted by atomic mass is 35.5. The average molecular weight is 679 g/mol. The fourth-order valence-electron chi connectivity index (χ4n) is 5.00. The number of nitrogens with zero attached hydrogens (tertiary/aromatic N) is 1. The lowest BCUT2D eigenvalue weighted by atomic mass is 10.0. The molecule has 0 aliphatic carbocycles. The topological polar surface area (TPSA) is 135 Å². The predicted octanol–water partition coefficient (Wildman–Crippen LogP) is 7.69. The largest absolute Gasteiger partial charge is 0.505 e. The number of aryl methyl sites for hydroxylation is 1. The van der Waals surface area contributed by atoms with Gasteiger partial charge < -0.3 is 20.4 Å². The molecule has 0 saturated carbocycles. The number of benzene rings is 5. The van der Waals surface area contributed by atoms with Crippen molar-refractivity contribution in [2.45, 2.75) is 30.8 Å². The zero-order valence-corrected chi connectivity index (χ0v) is 26.6. The Kier molecular flexibility index (Phi) is 9.88. The van der Waals surface area contributed by atoms with Gasteiger partial charge in [-0.3, -0.25) is 4.79 Å². The predicted molar refractivity (Wildman–Crippen MR) is 177 cm³/mol. The van der Waals surface area contributed by atoms with E-state index in [0.717, 1.165) is 34.9 Å². The fraction of sp³-hybridized carbons (Fsp3) is 0.114. The third-order valence-corrected chi connectivity index (χ3v) is 9.73. The highest BCUT2D eigenvalue weighted by molar-refractivity contribution is 7.89. The normalized spacial score (nSPS) is 11.5. The fourth-order valence-corrected chi connectivity index (χ4v) is 7.16. The molecule has 11 heteroatoms. The molecule has 4 N–H and O–H groups in total. The van der Waals surface area contributed by atoms with Crippen LogP contribution in [0.3, 0.4) is 0 Å². The zero-order chi connectivity index (χ0) is 33.0. The van der Waals surface area contributed by atoms with Gasteiger partial charge in [-0.25, -0.2) is 8.42 Å². The van der Waals surface area contributed by atoms with Crippen molar-refractivity contribution in [1.82, 2.24) is 4.31 Å². The SMILES string of the molecule is O=C(CCc1cccc(CN(Cc2ccc(-c3ccccc3)cc2)S(=O)(=O)c2cc(Cl)cc(Cl)c2O)c1)c1cc(O)c(O)c(O)c1. The standard InChI is InChI=1S/C35H29Cl2NO7S/c36-28-18-29(37)34(42)33(19-28)46(44,45)38(20-23-9-12-26(13-10-23)25-7-2-1-3-8-25)21-24-6-4-5-22(15-24)11-14-30(39)27-16-31(40)35(43)32(41)17-27/h1-10,12-13,15-19,40-43H,11,14,20-21H2. The number of rotatable bonds is 11. The number of phenolic OH excluding ortho intramolecular Hbond substituents is 4. The van der Waals surface area contributed by atoms with Crippen LogP contribution >= 0.6 is 23.2 Å². The monoisotopic (exact) mass is 677 g/mol. The van der Waals surface area contributed by atoms with Crippen LogP contribution in [0, 0.1) is 0 Å². The van der Waals surface area contributed by atoms with Crippen LogP contribution in [-0.4, -0.2) is 38.9 Å². The first-order valence-corrected chi connectivity index (χ1v) is 16.3. The van der Waals surface area contributed by atoms with Crippen molar-refractivity contribution in [1.29, 1.82) is 0 Å². The second kappa shape index (κ2) is 13.8. The van der Waals surface area contributed by atoms with E-state index in [1.54, 1.807) is 24.3 Å². The van der Waals surface area contributed by atoms with E-state index in [-0.39, 0.29) is 47.3 Å². The Morgan fingerprint density at radius 1 is 0.652 bits per heavy atom. The first-order valence-electron chi connectivity index (χ1n) is 14.1. The van der Waals surface area contributed by atoms with Crippen molar-refractivity contribution in [2.75, 3.05) is 0 Å². The molecule has 0 radical (unpaired) electrons. The van der Waals surface area contributed by atoms with Gasteiger partial charge in [-0.2, -0.15) is 4.31 Å². The van der Waals surface area contributed by atoms with Gasteiger partial charge in [0.2, 0.25) is 10.0 Å². The maximum absolute atomic E-state index is 14.0. The number of Topliss-reactive ketones (excluding diaryl/α,β-unsaturated/α-hetero) is 1. The number of phenols is 4. The molecule has 0 spiro atoms. The second-order valence-electron chi connectivity index (χ2n) is 10.7. The Labute approximate surface area is 276 Å². The summed E-state index contributed by atoms with van der Waals surface area (Å²) in [6.07, 6.45) is 0.311. The molecule has 8 nitrogen and oxygen atoms in total. The Balaban J connectivity index is 1.41. The van der Waals surface area contributed by atoms with Crippen LogP contribution in [-0.2, 0) is 29.5 Å². The molecule has 0 fully saturated rings. The highest BCUT2D eigenvalue weighted by Crippen LogP contribution is 2.37. The number of hydrogen-bond donors (Lipinski definition) is 4. The Morgan fingerprint density at radius 3 is 1.93 bits per heavy atom. The Morgan fingerprint density at radius 2 is 1.26 bits per heavy atom. The number of sulfonamides is 1. The second-order valence-corrected chi connectivity index (χ2v) is 13.4. The maximum Gasteiger partial charge on any atom is 0.247 e. The first-order chi connectivity index (χ1) is 21.9. The minimum atomic E-state index is -4.33. The van der Waals surface area contributed by atoms with Crippen molar-refractivity contribution >= 4 is 39.0 Å². The van der Waals surface area contributed by atoms with E-state index in [0.29, 0.717) is 11.1 Å². The summed E-state index contributed by atoms with van der Waals surface area (Å²) in [5, 5.41) is 39.6. The molecule has 5 aromatic carbocycles. The molecule has 0 aromatic heterocycles. The number of halogens is 2. The molecule has 0 bridgehead atoms. The van der Waals surface area contributed by atoms with E-state index in [1.165, 1.54) is 10.4 Å². The summed E-state index contributed by atoms with van der Waals surface area (Å²) in [6.45, 7) is -0.106. The van der Waals surface area contributed by atoms with Crippen LogP contribution in [0.5, 0.6) is 23.0 Å². The Bertz CT molecular complexity index is 1980. The van der Waals surface area contributed by atoms with E-state index in [1.807, 2.05) is 54.6 Å². The highest BCUT2D eigenvalue weighted by Gasteiger charge is 2.29. The third kappa shape index (κ3) is 7.46. The van der Waals surface area contributed by atoms with Crippen LogP contribution in [0.4, 0.5) is 0 Å². The number of carbonyl (C=O) groups is 1. The van der Waals surface area contributed by atoms with Crippen LogP contribution < -0.4 is 0 Å². The van der Waals surface area contributed by atoms with Crippen LogP contribution in [0.15, 0.2) is 108 Å². The van der Waals surface area contributed by atoms with Gasteiger partial charge in [0.15, 0.2) is 28.8 Å². The smallest absolute Gasteiger partial charge is 0.247 e. The van der Waals surface area contributed by atoms with Crippen molar-refractivity contribution < 1.29 is 33.6 Å². The average Bonchev–Trinajstić information content (AvgIpc) is 3.04. The molecule has 0 aliphatic heterocycles. The van der Waals surface area contributed by atoms with Gasteiger partial charge in [0.25, 0.3) is 0 Å². The van der Waals surface area contributed by atoms with E-state index in [2.05, 4.69) is 0 Å². The van der Waals surface area contributed by atoms with E-state index in [9.17, 15) is 33.6 Å².